The van der Waals surface area contributed by atoms with Crippen molar-refractivity contribution in [3.63, 3.8) is 0 Å². The molecule has 134 valence electrons. The SMILES string of the molecule is C[C@H](NC(=O)COC(=O)CN1C(=O)C(=O)c2ccccc21)c1ccco1. The minimum atomic E-state index is -0.793. The molecule has 0 saturated carbocycles. The number of ether oxygens (including phenoxy) is 1. The smallest absolute Gasteiger partial charge is 0.326 e. The number of ketones is 1. The number of Topliss-reactive ketones (excluding diaryl/α,β-unsaturated/α-hetero) is 1. The van der Waals surface area contributed by atoms with E-state index in [2.05, 4.69) is 5.32 Å². The summed E-state index contributed by atoms with van der Waals surface area (Å²) >= 11 is 0. The zero-order valence-electron chi connectivity index (χ0n) is 13.9. The Morgan fingerprint density at radius 3 is 2.69 bits per heavy atom. The fourth-order valence-corrected chi connectivity index (χ4v) is 2.62. The number of esters is 1. The Hall–Kier alpha value is -3.42. The summed E-state index contributed by atoms with van der Waals surface area (Å²) in [7, 11) is 0. The second-order valence-corrected chi connectivity index (χ2v) is 5.70. The molecule has 0 spiro atoms. The number of nitrogens with one attached hydrogen (secondary N) is 1. The van der Waals surface area contributed by atoms with Crippen LogP contribution in [0.2, 0.25) is 0 Å². The molecular formula is C18H16N2O6. The lowest BCUT2D eigenvalue weighted by Crippen LogP contribution is -2.37. The molecule has 8 heteroatoms. The Bertz CT molecular complexity index is 858. The highest BCUT2D eigenvalue weighted by Crippen LogP contribution is 2.28. The lowest BCUT2D eigenvalue weighted by Gasteiger charge is -2.16. The van der Waals surface area contributed by atoms with Crippen LogP contribution in [0.1, 0.15) is 29.1 Å². The molecule has 0 fully saturated rings. The van der Waals surface area contributed by atoms with Crippen molar-refractivity contribution in [2.24, 2.45) is 0 Å². The van der Waals surface area contributed by atoms with Crippen LogP contribution in [-0.2, 0) is 19.1 Å². The van der Waals surface area contributed by atoms with Crippen LogP contribution >= 0.6 is 0 Å². The van der Waals surface area contributed by atoms with Crippen LogP contribution in [0.25, 0.3) is 0 Å². The van der Waals surface area contributed by atoms with Gasteiger partial charge >= 0.3 is 5.97 Å². The Morgan fingerprint density at radius 1 is 1.19 bits per heavy atom. The number of nitrogens with zero attached hydrogens (tertiary/aromatic N) is 1. The summed E-state index contributed by atoms with van der Waals surface area (Å²) in [4.78, 5) is 48.7. The van der Waals surface area contributed by atoms with Crippen molar-refractivity contribution in [3.05, 3.63) is 54.0 Å². The number of carbonyl (C=O) groups is 4. The molecule has 2 amide bonds. The number of carbonyl (C=O) groups excluding carboxylic acids is 4. The van der Waals surface area contributed by atoms with Gasteiger partial charge in [0.15, 0.2) is 6.61 Å². The molecule has 0 aliphatic carbocycles. The summed E-state index contributed by atoms with van der Waals surface area (Å²) in [6.45, 7) is 0.786. The largest absolute Gasteiger partial charge is 0.467 e. The molecule has 0 radical (unpaired) electrons. The maximum absolute atomic E-state index is 12.0. The molecule has 2 heterocycles. The molecule has 1 N–H and O–H groups in total. The summed E-state index contributed by atoms with van der Waals surface area (Å²) in [6.07, 6.45) is 1.49. The lowest BCUT2D eigenvalue weighted by atomic mass is 10.1. The van der Waals surface area contributed by atoms with Gasteiger partial charge in [-0.05, 0) is 31.2 Å². The quantitative estimate of drug-likeness (QED) is 0.616. The fraction of sp³-hybridized carbons (Fsp3) is 0.222. The van der Waals surface area contributed by atoms with E-state index in [-0.39, 0.29) is 11.6 Å². The van der Waals surface area contributed by atoms with Gasteiger partial charge in [-0.15, -0.1) is 0 Å². The number of fused-ring (bicyclic) bond motifs is 1. The minimum Gasteiger partial charge on any atom is -0.467 e. The van der Waals surface area contributed by atoms with Crippen molar-refractivity contribution in [1.29, 1.82) is 0 Å². The molecule has 1 aliphatic heterocycles. The standard InChI is InChI=1S/C18H16N2O6/c1-11(14-7-4-8-25-14)19-15(21)10-26-16(22)9-20-13-6-3-2-5-12(13)17(23)18(20)24/h2-8,11H,9-10H2,1H3,(H,19,21)/t11-/m0/s1. The van der Waals surface area contributed by atoms with Crippen molar-refractivity contribution in [2.45, 2.75) is 13.0 Å². The molecule has 1 aliphatic rings. The van der Waals surface area contributed by atoms with Gasteiger partial charge < -0.3 is 14.5 Å². The highest BCUT2D eigenvalue weighted by Gasteiger charge is 2.36. The average molecular weight is 356 g/mol. The topological polar surface area (TPSA) is 106 Å². The van der Waals surface area contributed by atoms with Crippen LogP contribution in [0, 0.1) is 0 Å². The summed E-state index contributed by atoms with van der Waals surface area (Å²) in [5, 5.41) is 2.62. The van der Waals surface area contributed by atoms with Gasteiger partial charge in [0.05, 0.1) is 23.6 Å². The molecule has 1 aromatic heterocycles. The van der Waals surface area contributed by atoms with Crippen molar-refractivity contribution < 1.29 is 28.3 Å². The van der Waals surface area contributed by atoms with Crippen LogP contribution in [0.4, 0.5) is 5.69 Å². The third-order valence-electron chi connectivity index (χ3n) is 3.88. The number of para-hydroxylation sites is 1. The predicted molar refractivity (Wildman–Crippen MR) is 89.4 cm³/mol. The average Bonchev–Trinajstić information content (AvgIpc) is 3.24. The number of hydrogen-bond acceptors (Lipinski definition) is 6. The molecule has 1 atom stereocenters. The van der Waals surface area contributed by atoms with Crippen molar-refractivity contribution >= 4 is 29.3 Å². The first-order valence-corrected chi connectivity index (χ1v) is 7.91. The van der Waals surface area contributed by atoms with E-state index in [4.69, 9.17) is 9.15 Å². The maximum Gasteiger partial charge on any atom is 0.326 e. The molecular weight excluding hydrogens is 340 g/mol. The van der Waals surface area contributed by atoms with E-state index in [0.717, 1.165) is 4.90 Å². The number of hydrogen-bond donors (Lipinski definition) is 1. The van der Waals surface area contributed by atoms with Gasteiger partial charge in [-0.3, -0.25) is 24.1 Å². The van der Waals surface area contributed by atoms with E-state index in [0.29, 0.717) is 11.4 Å². The summed E-state index contributed by atoms with van der Waals surface area (Å²) in [5.74, 6) is -2.19. The van der Waals surface area contributed by atoms with E-state index in [9.17, 15) is 19.2 Å². The summed E-state index contributed by atoms with van der Waals surface area (Å²) < 4.78 is 10.1. The second-order valence-electron chi connectivity index (χ2n) is 5.70. The van der Waals surface area contributed by atoms with Crippen LogP contribution in [0.3, 0.4) is 0 Å². The number of furan rings is 1. The van der Waals surface area contributed by atoms with E-state index in [1.807, 2.05) is 0 Å². The Labute approximate surface area is 148 Å². The van der Waals surface area contributed by atoms with Crippen LogP contribution in [-0.4, -0.2) is 36.7 Å². The molecule has 2 aromatic rings. The van der Waals surface area contributed by atoms with Crippen LogP contribution in [0.15, 0.2) is 47.1 Å². The van der Waals surface area contributed by atoms with E-state index in [1.165, 1.54) is 12.3 Å². The molecule has 1 aromatic carbocycles. The van der Waals surface area contributed by atoms with Gasteiger partial charge in [-0.2, -0.15) is 0 Å². The number of amides is 2. The van der Waals surface area contributed by atoms with Crippen LogP contribution in [0.5, 0.6) is 0 Å². The fourth-order valence-electron chi connectivity index (χ4n) is 2.62. The normalized spacial score (nSPS) is 14.1. The number of anilines is 1. The highest BCUT2D eigenvalue weighted by molar-refractivity contribution is 6.52. The van der Waals surface area contributed by atoms with Crippen molar-refractivity contribution in [1.82, 2.24) is 5.32 Å². The van der Waals surface area contributed by atoms with Crippen molar-refractivity contribution in [2.75, 3.05) is 18.1 Å². The Morgan fingerprint density at radius 2 is 1.96 bits per heavy atom. The van der Waals surface area contributed by atoms with Gasteiger partial charge in [-0.1, -0.05) is 12.1 Å². The first-order valence-electron chi connectivity index (χ1n) is 7.91. The van der Waals surface area contributed by atoms with E-state index >= 15 is 0 Å². The maximum atomic E-state index is 12.0. The Balaban J connectivity index is 1.52. The molecule has 8 nitrogen and oxygen atoms in total. The highest BCUT2D eigenvalue weighted by atomic mass is 16.5. The zero-order chi connectivity index (χ0) is 18.7. The third kappa shape index (κ3) is 3.49. The molecule has 0 bridgehead atoms. The van der Waals surface area contributed by atoms with Gasteiger partial charge in [-0.25, -0.2) is 0 Å². The van der Waals surface area contributed by atoms with Gasteiger partial charge in [0.1, 0.15) is 12.3 Å². The second kappa shape index (κ2) is 7.22. The molecule has 0 unspecified atom stereocenters. The molecule has 26 heavy (non-hydrogen) atoms. The van der Waals surface area contributed by atoms with Gasteiger partial charge in [0.25, 0.3) is 17.6 Å². The predicted octanol–water partition coefficient (Wildman–Crippen LogP) is 1.23. The number of benzene rings is 1. The monoisotopic (exact) mass is 356 g/mol. The Kier molecular flexibility index (Phi) is 4.83. The van der Waals surface area contributed by atoms with Crippen molar-refractivity contribution in [3.8, 4) is 0 Å². The van der Waals surface area contributed by atoms with Gasteiger partial charge in [0.2, 0.25) is 0 Å². The van der Waals surface area contributed by atoms with Gasteiger partial charge in [0, 0.05) is 0 Å². The van der Waals surface area contributed by atoms with E-state index < -0.39 is 36.7 Å². The third-order valence-corrected chi connectivity index (χ3v) is 3.88. The minimum absolute atomic E-state index is 0.246. The molecule has 0 saturated heterocycles. The summed E-state index contributed by atoms with van der Waals surface area (Å²) in [5.41, 5.74) is 0.602. The first-order chi connectivity index (χ1) is 12.5. The lowest BCUT2D eigenvalue weighted by molar-refractivity contribution is -0.147. The van der Waals surface area contributed by atoms with E-state index in [1.54, 1.807) is 37.3 Å². The zero-order valence-corrected chi connectivity index (χ0v) is 13.9. The first kappa shape index (κ1) is 17.4. The summed E-state index contributed by atoms with van der Waals surface area (Å²) in [6, 6.07) is 9.42. The number of rotatable bonds is 6. The molecule has 3 rings (SSSR count). The van der Waals surface area contributed by atoms with Crippen LogP contribution < -0.4 is 10.2 Å².